The number of para-hydroxylation sites is 1. The Labute approximate surface area is 151 Å². The number of thioether (sulfide) groups is 1. The second-order valence-corrected chi connectivity index (χ2v) is 9.00. The molecule has 7 heteroatoms. The molecule has 130 valence electrons. The van der Waals surface area contributed by atoms with Crippen LogP contribution in [0.15, 0.2) is 28.6 Å². The zero-order valence-corrected chi connectivity index (χ0v) is 16.3. The summed E-state index contributed by atoms with van der Waals surface area (Å²) in [5, 5.41) is 15.2. The average Bonchev–Trinajstić information content (AvgIpc) is 2.91. The van der Waals surface area contributed by atoms with Crippen molar-refractivity contribution in [1.29, 1.82) is 0 Å². The fourth-order valence-electron chi connectivity index (χ4n) is 2.13. The van der Waals surface area contributed by atoms with Gasteiger partial charge in [-0.1, -0.05) is 62.1 Å². The van der Waals surface area contributed by atoms with Crippen LogP contribution in [0.2, 0.25) is 0 Å². The molecule has 2 rings (SSSR count). The largest absolute Gasteiger partial charge is 0.358 e. The van der Waals surface area contributed by atoms with Gasteiger partial charge < -0.3 is 10.6 Å². The number of carbonyl (C=O) groups is 1. The van der Waals surface area contributed by atoms with E-state index in [-0.39, 0.29) is 11.3 Å². The number of anilines is 2. The van der Waals surface area contributed by atoms with Gasteiger partial charge in [-0.25, -0.2) is 0 Å². The Morgan fingerprint density at radius 1 is 1.25 bits per heavy atom. The van der Waals surface area contributed by atoms with Crippen molar-refractivity contribution in [1.82, 2.24) is 10.2 Å². The number of hydrogen-bond acceptors (Lipinski definition) is 6. The number of rotatable bonds is 6. The van der Waals surface area contributed by atoms with Crippen LogP contribution in [-0.2, 0) is 10.2 Å². The van der Waals surface area contributed by atoms with E-state index in [1.807, 2.05) is 32.0 Å². The number of nitrogens with zero attached hydrogens (tertiary/aromatic N) is 2. The molecular formula is C17H24N4OS2. The third-order valence-electron chi connectivity index (χ3n) is 3.15. The summed E-state index contributed by atoms with van der Waals surface area (Å²) in [5.74, 6) is 0.277. The van der Waals surface area contributed by atoms with Crippen molar-refractivity contribution < 1.29 is 4.79 Å². The number of nitrogens with one attached hydrogen (secondary N) is 2. The Morgan fingerprint density at radius 3 is 2.62 bits per heavy atom. The normalized spacial score (nSPS) is 11.6. The fourth-order valence-corrected chi connectivity index (χ4v) is 3.83. The van der Waals surface area contributed by atoms with Crippen molar-refractivity contribution in [2.75, 3.05) is 16.4 Å². The van der Waals surface area contributed by atoms with E-state index in [1.165, 1.54) is 23.1 Å². The van der Waals surface area contributed by atoms with Crippen LogP contribution in [-0.4, -0.2) is 27.9 Å². The van der Waals surface area contributed by atoms with Gasteiger partial charge >= 0.3 is 0 Å². The van der Waals surface area contributed by atoms with Gasteiger partial charge in [-0.3, -0.25) is 4.79 Å². The summed E-state index contributed by atoms with van der Waals surface area (Å²) in [4.78, 5) is 12.3. The van der Waals surface area contributed by atoms with Gasteiger partial charge in [0.2, 0.25) is 11.0 Å². The predicted molar refractivity (Wildman–Crippen MR) is 103 cm³/mol. The molecule has 2 N–H and O–H groups in total. The number of benzene rings is 1. The van der Waals surface area contributed by atoms with Crippen molar-refractivity contribution in [2.45, 2.75) is 50.4 Å². The highest BCUT2D eigenvalue weighted by Crippen LogP contribution is 2.30. The van der Waals surface area contributed by atoms with Crippen LogP contribution in [0.5, 0.6) is 0 Å². The van der Waals surface area contributed by atoms with E-state index in [4.69, 9.17) is 0 Å². The number of hydrogen-bond donors (Lipinski definition) is 2. The van der Waals surface area contributed by atoms with E-state index in [1.54, 1.807) is 0 Å². The molecule has 1 heterocycles. The van der Waals surface area contributed by atoms with Gasteiger partial charge in [0.05, 0.1) is 5.75 Å². The van der Waals surface area contributed by atoms with Gasteiger partial charge in [-0.05, 0) is 30.9 Å². The average molecular weight is 365 g/mol. The minimum absolute atomic E-state index is 0.0202. The van der Waals surface area contributed by atoms with Crippen molar-refractivity contribution in [3.05, 3.63) is 29.8 Å². The number of aromatic nitrogens is 2. The summed E-state index contributed by atoms with van der Waals surface area (Å²) in [5.41, 5.74) is 1.98. The van der Waals surface area contributed by atoms with E-state index in [9.17, 15) is 4.79 Å². The first-order valence-electron chi connectivity index (χ1n) is 7.88. The van der Waals surface area contributed by atoms with Crippen LogP contribution in [0.3, 0.4) is 0 Å². The first kappa shape index (κ1) is 18.7. The van der Waals surface area contributed by atoms with Crippen LogP contribution < -0.4 is 10.6 Å². The van der Waals surface area contributed by atoms with Crippen molar-refractivity contribution in [3.63, 3.8) is 0 Å². The lowest BCUT2D eigenvalue weighted by Crippen LogP contribution is -2.19. The third-order valence-corrected chi connectivity index (χ3v) is 5.14. The molecular weight excluding hydrogens is 340 g/mol. The van der Waals surface area contributed by atoms with Gasteiger partial charge in [-0.2, -0.15) is 0 Å². The standard InChI is InChI=1S/C17H24N4OS2/c1-11(2)18-15-20-21-16(24-15)23-10-14(22)19-13-9-7-6-8-12(13)17(3,4)5/h6-9,11H,10H2,1-5H3,(H,18,20)(H,19,22). The van der Waals surface area contributed by atoms with Gasteiger partial charge in [0.1, 0.15) is 0 Å². The highest BCUT2D eigenvalue weighted by Gasteiger charge is 2.18. The Morgan fingerprint density at radius 2 is 1.96 bits per heavy atom. The Hall–Kier alpha value is -1.60. The lowest BCUT2D eigenvalue weighted by atomic mass is 9.86. The number of carbonyl (C=O) groups excluding carboxylic acids is 1. The molecule has 0 aliphatic rings. The van der Waals surface area contributed by atoms with Crippen LogP contribution in [0.4, 0.5) is 10.8 Å². The van der Waals surface area contributed by atoms with E-state index in [0.717, 1.165) is 20.7 Å². The fraction of sp³-hybridized carbons (Fsp3) is 0.471. The molecule has 0 aliphatic heterocycles. The van der Waals surface area contributed by atoms with E-state index in [0.29, 0.717) is 11.8 Å². The summed E-state index contributed by atoms with van der Waals surface area (Å²) < 4.78 is 0.789. The maximum atomic E-state index is 12.3. The van der Waals surface area contributed by atoms with Gasteiger partial charge in [-0.15, -0.1) is 10.2 Å². The van der Waals surface area contributed by atoms with E-state index < -0.39 is 0 Å². The molecule has 0 atom stereocenters. The summed E-state index contributed by atoms with van der Waals surface area (Å²) in [6, 6.07) is 8.24. The van der Waals surface area contributed by atoms with Crippen molar-refractivity contribution in [2.24, 2.45) is 0 Å². The highest BCUT2D eigenvalue weighted by molar-refractivity contribution is 8.01. The molecule has 1 aromatic heterocycles. The van der Waals surface area contributed by atoms with Crippen molar-refractivity contribution in [3.8, 4) is 0 Å². The van der Waals surface area contributed by atoms with E-state index in [2.05, 4.69) is 47.7 Å². The maximum absolute atomic E-state index is 12.3. The topological polar surface area (TPSA) is 66.9 Å². The minimum atomic E-state index is -0.0368. The molecule has 1 aromatic carbocycles. The van der Waals surface area contributed by atoms with E-state index >= 15 is 0 Å². The smallest absolute Gasteiger partial charge is 0.234 e. The zero-order valence-electron chi connectivity index (χ0n) is 14.7. The van der Waals surface area contributed by atoms with Crippen LogP contribution in [0, 0.1) is 0 Å². The SMILES string of the molecule is CC(C)Nc1nnc(SCC(=O)Nc2ccccc2C(C)(C)C)s1. The molecule has 0 aliphatic carbocycles. The molecule has 0 unspecified atom stereocenters. The molecule has 0 saturated heterocycles. The third kappa shape index (κ3) is 5.49. The highest BCUT2D eigenvalue weighted by atomic mass is 32.2. The Kier molecular flexibility index (Phi) is 6.23. The van der Waals surface area contributed by atoms with Gasteiger partial charge in [0, 0.05) is 11.7 Å². The lowest BCUT2D eigenvalue weighted by Gasteiger charge is -2.22. The molecule has 0 bridgehead atoms. The van der Waals surface area contributed by atoms with Gasteiger partial charge in [0.15, 0.2) is 4.34 Å². The van der Waals surface area contributed by atoms with Crippen LogP contribution in [0.25, 0.3) is 0 Å². The number of amides is 1. The molecule has 0 saturated carbocycles. The first-order valence-corrected chi connectivity index (χ1v) is 9.68. The molecule has 2 aromatic rings. The second-order valence-electron chi connectivity index (χ2n) is 6.80. The second kappa shape index (κ2) is 7.98. The quantitative estimate of drug-likeness (QED) is 0.744. The lowest BCUT2D eigenvalue weighted by molar-refractivity contribution is -0.113. The summed E-state index contributed by atoms with van der Waals surface area (Å²) in [7, 11) is 0. The monoisotopic (exact) mass is 364 g/mol. The molecule has 0 spiro atoms. The molecule has 0 fully saturated rings. The van der Waals surface area contributed by atoms with Gasteiger partial charge in [0.25, 0.3) is 0 Å². The Balaban J connectivity index is 1.94. The maximum Gasteiger partial charge on any atom is 0.234 e. The van der Waals surface area contributed by atoms with Crippen LogP contribution in [0.1, 0.15) is 40.2 Å². The first-order chi connectivity index (χ1) is 11.3. The molecule has 0 radical (unpaired) electrons. The molecule has 1 amide bonds. The summed E-state index contributed by atoms with van der Waals surface area (Å²) in [6.07, 6.45) is 0. The van der Waals surface area contributed by atoms with Crippen LogP contribution >= 0.6 is 23.1 Å². The minimum Gasteiger partial charge on any atom is -0.358 e. The summed E-state index contributed by atoms with van der Waals surface area (Å²) in [6.45, 7) is 10.5. The predicted octanol–water partition coefficient (Wildman–Crippen LogP) is 4.39. The Bertz CT molecular complexity index is 692. The summed E-state index contributed by atoms with van der Waals surface area (Å²) >= 11 is 2.87. The van der Waals surface area contributed by atoms with Crippen molar-refractivity contribution >= 4 is 39.8 Å². The molecule has 24 heavy (non-hydrogen) atoms. The zero-order chi connectivity index (χ0) is 17.7. The molecule has 5 nitrogen and oxygen atoms in total.